The maximum absolute atomic E-state index is 4.88. The van der Waals surface area contributed by atoms with Crippen LogP contribution in [0.3, 0.4) is 0 Å². The number of hydrogen-bond donors (Lipinski definition) is 0. The summed E-state index contributed by atoms with van der Waals surface area (Å²) in [4.78, 5) is 4.88. The molecule has 1 heterocycles. The summed E-state index contributed by atoms with van der Waals surface area (Å²) < 4.78 is 0. The topological polar surface area (TPSA) is 12.9 Å². The van der Waals surface area contributed by atoms with Crippen LogP contribution in [-0.4, -0.2) is 4.98 Å². The van der Waals surface area contributed by atoms with E-state index in [1.165, 1.54) is 28.1 Å². The molecule has 90 valence electrons. The van der Waals surface area contributed by atoms with Crippen LogP contribution in [0, 0.1) is 13.8 Å². The highest BCUT2D eigenvalue weighted by molar-refractivity contribution is 5.41. The first-order valence-corrected chi connectivity index (χ1v) is 6.39. The fourth-order valence-electron chi connectivity index (χ4n) is 2.54. The average Bonchev–Trinajstić information content (AvgIpc) is 2.17. The van der Waals surface area contributed by atoms with Crippen molar-refractivity contribution in [2.75, 3.05) is 0 Å². The molecule has 0 bridgehead atoms. The quantitative estimate of drug-likeness (QED) is 0.729. The first-order valence-electron chi connectivity index (χ1n) is 6.39. The van der Waals surface area contributed by atoms with Crippen molar-refractivity contribution >= 4 is 0 Å². The first kappa shape index (κ1) is 13.2. The molecule has 1 heteroatoms. The molecule has 16 heavy (non-hydrogen) atoms. The van der Waals surface area contributed by atoms with Crippen LogP contribution in [0.4, 0.5) is 0 Å². The number of aromatic nitrogens is 1. The molecule has 0 N–H and O–H groups in total. The van der Waals surface area contributed by atoms with Crippen LogP contribution in [-0.2, 0) is 6.42 Å². The summed E-state index contributed by atoms with van der Waals surface area (Å²) in [6.45, 7) is 15.6. The number of hydrogen-bond acceptors (Lipinski definition) is 1. The Hall–Kier alpha value is -0.850. The zero-order valence-corrected chi connectivity index (χ0v) is 11.8. The van der Waals surface area contributed by atoms with Gasteiger partial charge in [-0.15, -0.1) is 0 Å². The number of nitrogens with zero attached hydrogens (tertiary/aromatic N) is 1. The summed E-state index contributed by atoms with van der Waals surface area (Å²) in [7, 11) is 0. The molecule has 0 aliphatic heterocycles. The molecule has 0 atom stereocenters. The molecule has 0 spiro atoms. The van der Waals surface area contributed by atoms with Gasteiger partial charge in [-0.3, -0.25) is 4.98 Å². The van der Waals surface area contributed by atoms with Gasteiger partial charge in [0.2, 0.25) is 0 Å². The SMILES string of the molecule is CCc1c(C)c(C(C)C)nc(C(C)C)c1C. The molecule has 0 radical (unpaired) electrons. The Morgan fingerprint density at radius 3 is 1.50 bits per heavy atom. The highest BCUT2D eigenvalue weighted by atomic mass is 14.7. The molecule has 0 amide bonds. The third-order valence-corrected chi connectivity index (χ3v) is 3.36. The van der Waals surface area contributed by atoms with Crippen molar-refractivity contribution in [2.45, 2.75) is 66.7 Å². The largest absolute Gasteiger partial charge is 0.257 e. The predicted octanol–water partition coefficient (Wildman–Crippen LogP) is 4.51. The second-order valence-electron chi connectivity index (χ2n) is 5.27. The fourth-order valence-corrected chi connectivity index (χ4v) is 2.54. The van der Waals surface area contributed by atoms with Gasteiger partial charge in [0, 0.05) is 11.4 Å². The zero-order chi connectivity index (χ0) is 12.5. The van der Waals surface area contributed by atoms with Gasteiger partial charge in [-0.1, -0.05) is 34.6 Å². The predicted molar refractivity (Wildman–Crippen MR) is 71.3 cm³/mol. The van der Waals surface area contributed by atoms with Crippen molar-refractivity contribution in [3.8, 4) is 0 Å². The van der Waals surface area contributed by atoms with E-state index in [9.17, 15) is 0 Å². The monoisotopic (exact) mass is 219 g/mol. The van der Waals surface area contributed by atoms with Crippen molar-refractivity contribution in [1.82, 2.24) is 4.98 Å². The second kappa shape index (κ2) is 4.99. The van der Waals surface area contributed by atoms with Crippen LogP contribution >= 0.6 is 0 Å². The lowest BCUT2D eigenvalue weighted by Gasteiger charge is -2.20. The van der Waals surface area contributed by atoms with Gasteiger partial charge in [-0.2, -0.15) is 0 Å². The molecule has 0 unspecified atom stereocenters. The molecule has 0 saturated carbocycles. The van der Waals surface area contributed by atoms with Crippen molar-refractivity contribution in [1.29, 1.82) is 0 Å². The van der Waals surface area contributed by atoms with E-state index in [1.807, 2.05) is 0 Å². The van der Waals surface area contributed by atoms with Gasteiger partial charge in [0.25, 0.3) is 0 Å². The summed E-state index contributed by atoms with van der Waals surface area (Å²) in [5.74, 6) is 1.03. The summed E-state index contributed by atoms with van der Waals surface area (Å²) in [6, 6.07) is 0. The van der Waals surface area contributed by atoms with Crippen LogP contribution in [0.2, 0.25) is 0 Å². The highest BCUT2D eigenvalue weighted by Crippen LogP contribution is 2.28. The van der Waals surface area contributed by atoms with Crippen molar-refractivity contribution in [3.05, 3.63) is 28.1 Å². The fraction of sp³-hybridized carbons (Fsp3) is 0.667. The van der Waals surface area contributed by atoms with Crippen LogP contribution in [0.1, 0.15) is 74.5 Å². The minimum Gasteiger partial charge on any atom is -0.257 e. The molecular weight excluding hydrogens is 194 g/mol. The van der Waals surface area contributed by atoms with E-state index >= 15 is 0 Å². The number of rotatable bonds is 3. The molecule has 0 saturated heterocycles. The van der Waals surface area contributed by atoms with Crippen molar-refractivity contribution < 1.29 is 0 Å². The molecule has 1 rings (SSSR count). The molecule has 0 fully saturated rings. The first-order chi connectivity index (χ1) is 7.40. The minimum absolute atomic E-state index is 0.517. The molecule has 0 aliphatic rings. The number of pyridine rings is 1. The van der Waals surface area contributed by atoms with E-state index in [4.69, 9.17) is 4.98 Å². The molecule has 1 nitrogen and oxygen atoms in total. The van der Waals surface area contributed by atoms with E-state index in [0.29, 0.717) is 11.8 Å². The van der Waals surface area contributed by atoms with Crippen LogP contribution in [0.25, 0.3) is 0 Å². The summed E-state index contributed by atoms with van der Waals surface area (Å²) >= 11 is 0. The van der Waals surface area contributed by atoms with Crippen LogP contribution in [0.15, 0.2) is 0 Å². The Morgan fingerprint density at radius 2 is 1.25 bits per heavy atom. The van der Waals surface area contributed by atoms with E-state index < -0.39 is 0 Å². The van der Waals surface area contributed by atoms with E-state index in [-0.39, 0.29) is 0 Å². The average molecular weight is 219 g/mol. The van der Waals surface area contributed by atoms with E-state index in [1.54, 1.807) is 0 Å². The Bertz CT molecular complexity index is 343. The Balaban J connectivity index is 3.50. The Morgan fingerprint density at radius 1 is 0.875 bits per heavy atom. The van der Waals surface area contributed by atoms with Gasteiger partial charge in [-0.25, -0.2) is 0 Å². The lowest BCUT2D eigenvalue weighted by atomic mass is 9.91. The third-order valence-electron chi connectivity index (χ3n) is 3.36. The highest BCUT2D eigenvalue weighted by Gasteiger charge is 2.16. The molecule has 0 aliphatic carbocycles. The third kappa shape index (κ3) is 2.28. The molecule has 0 aromatic carbocycles. The van der Waals surface area contributed by atoms with Crippen LogP contribution in [0.5, 0.6) is 0 Å². The lowest BCUT2D eigenvalue weighted by Crippen LogP contribution is -2.09. The molecule has 1 aromatic heterocycles. The summed E-state index contributed by atoms with van der Waals surface area (Å²) in [6.07, 6.45) is 1.11. The van der Waals surface area contributed by atoms with Crippen molar-refractivity contribution in [3.63, 3.8) is 0 Å². The maximum Gasteiger partial charge on any atom is 0.0464 e. The van der Waals surface area contributed by atoms with Gasteiger partial charge in [-0.05, 0) is 48.8 Å². The van der Waals surface area contributed by atoms with E-state index in [2.05, 4.69) is 48.5 Å². The Labute approximate surface area is 100 Å². The normalized spacial score (nSPS) is 11.6. The standard InChI is InChI=1S/C15H25N/c1-8-13-11(6)14(9(2)3)16-15(10(4)5)12(13)7/h9-10H,8H2,1-7H3. The minimum atomic E-state index is 0.517. The van der Waals surface area contributed by atoms with Gasteiger partial charge >= 0.3 is 0 Å². The molecular formula is C15H25N. The van der Waals surface area contributed by atoms with Gasteiger partial charge in [0.15, 0.2) is 0 Å². The van der Waals surface area contributed by atoms with Gasteiger partial charge in [0.05, 0.1) is 0 Å². The second-order valence-corrected chi connectivity index (χ2v) is 5.27. The Kier molecular flexibility index (Phi) is 4.12. The summed E-state index contributed by atoms with van der Waals surface area (Å²) in [5.41, 5.74) is 6.87. The zero-order valence-electron chi connectivity index (χ0n) is 11.8. The lowest BCUT2D eigenvalue weighted by molar-refractivity contribution is 0.741. The van der Waals surface area contributed by atoms with Crippen LogP contribution < -0.4 is 0 Å². The van der Waals surface area contributed by atoms with Gasteiger partial charge < -0.3 is 0 Å². The smallest absolute Gasteiger partial charge is 0.0464 e. The van der Waals surface area contributed by atoms with E-state index in [0.717, 1.165) is 6.42 Å². The molecule has 1 aromatic rings. The maximum atomic E-state index is 4.88. The van der Waals surface area contributed by atoms with Gasteiger partial charge in [0.1, 0.15) is 0 Å². The van der Waals surface area contributed by atoms with Crippen molar-refractivity contribution in [2.24, 2.45) is 0 Å². The summed E-state index contributed by atoms with van der Waals surface area (Å²) in [5, 5.41) is 0.